The highest BCUT2D eigenvalue weighted by molar-refractivity contribution is 5.06. The molecular formula is C20H32N2O2. The summed E-state index contributed by atoms with van der Waals surface area (Å²) in [5.41, 5.74) is 0.480. The molecule has 2 saturated heterocycles. The molecule has 134 valence electrons. The second-order valence-corrected chi connectivity index (χ2v) is 8.53. The Kier molecular flexibility index (Phi) is 4.72. The third-order valence-electron chi connectivity index (χ3n) is 6.38. The minimum Gasteiger partial charge on any atom is -0.465 e. The molecule has 1 aromatic rings. The summed E-state index contributed by atoms with van der Waals surface area (Å²) in [6.07, 6.45) is 5.37. The molecule has 1 aliphatic carbocycles. The van der Waals surface area contributed by atoms with E-state index in [0.29, 0.717) is 11.3 Å². The molecule has 0 aromatic carbocycles. The molecule has 0 radical (unpaired) electrons. The van der Waals surface area contributed by atoms with Crippen molar-refractivity contribution in [2.24, 2.45) is 17.3 Å². The summed E-state index contributed by atoms with van der Waals surface area (Å²) in [6, 6.07) is 4.19. The van der Waals surface area contributed by atoms with Crippen molar-refractivity contribution in [1.29, 1.82) is 0 Å². The summed E-state index contributed by atoms with van der Waals surface area (Å²) in [7, 11) is 2.28. The minimum atomic E-state index is 0.480. The minimum absolute atomic E-state index is 0.480. The standard InChI is InChI=1S/C20H32N2O2/c1-16-3-6-19(24-16)12-22-9-7-20(8-10-22)15-21(2)11-18(20)14-23-13-17-4-5-17/h3,6,17-18H,4-5,7-15H2,1-2H3/t18-/m0/s1. The Balaban J connectivity index is 1.31. The molecule has 4 heteroatoms. The Hall–Kier alpha value is -0.840. The molecule has 4 nitrogen and oxygen atoms in total. The summed E-state index contributed by atoms with van der Waals surface area (Å²) in [6.45, 7) is 9.79. The summed E-state index contributed by atoms with van der Waals surface area (Å²) in [5, 5.41) is 0. The number of hydrogen-bond donors (Lipinski definition) is 0. The van der Waals surface area contributed by atoms with Gasteiger partial charge in [0.25, 0.3) is 0 Å². The molecule has 3 aliphatic rings. The van der Waals surface area contributed by atoms with Crippen molar-refractivity contribution < 1.29 is 9.15 Å². The molecule has 1 atom stereocenters. The van der Waals surface area contributed by atoms with Gasteiger partial charge in [-0.3, -0.25) is 4.90 Å². The van der Waals surface area contributed by atoms with Crippen molar-refractivity contribution in [2.75, 3.05) is 46.4 Å². The van der Waals surface area contributed by atoms with Gasteiger partial charge in [-0.1, -0.05) is 0 Å². The quantitative estimate of drug-likeness (QED) is 0.800. The highest BCUT2D eigenvalue weighted by atomic mass is 16.5. The van der Waals surface area contributed by atoms with Crippen LogP contribution in [0.1, 0.15) is 37.2 Å². The van der Waals surface area contributed by atoms with Gasteiger partial charge in [-0.25, -0.2) is 0 Å². The molecule has 1 saturated carbocycles. The molecule has 4 rings (SSSR count). The highest BCUT2D eigenvalue weighted by Gasteiger charge is 2.47. The number of aryl methyl sites for hydroxylation is 1. The molecule has 24 heavy (non-hydrogen) atoms. The van der Waals surface area contributed by atoms with Crippen molar-refractivity contribution in [3.05, 3.63) is 23.7 Å². The first-order valence-electron chi connectivity index (χ1n) is 9.67. The summed E-state index contributed by atoms with van der Waals surface area (Å²) in [4.78, 5) is 5.08. The van der Waals surface area contributed by atoms with Gasteiger partial charge in [-0.05, 0) is 76.2 Å². The van der Waals surface area contributed by atoms with Gasteiger partial charge in [0, 0.05) is 25.6 Å². The van der Waals surface area contributed by atoms with Gasteiger partial charge < -0.3 is 14.1 Å². The SMILES string of the molecule is Cc1ccc(CN2CCC3(CC2)CN(C)C[C@H]3COCC2CC2)o1. The molecule has 0 N–H and O–H groups in total. The monoisotopic (exact) mass is 332 g/mol. The van der Waals surface area contributed by atoms with Crippen LogP contribution in [0.25, 0.3) is 0 Å². The average molecular weight is 332 g/mol. The Labute approximate surface area is 146 Å². The lowest BCUT2D eigenvalue weighted by Crippen LogP contribution is -2.44. The third kappa shape index (κ3) is 3.71. The zero-order chi connectivity index (χ0) is 16.6. The third-order valence-corrected chi connectivity index (χ3v) is 6.38. The lowest BCUT2D eigenvalue weighted by atomic mass is 9.71. The number of nitrogens with zero attached hydrogens (tertiary/aromatic N) is 2. The second kappa shape index (κ2) is 6.81. The van der Waals surface area contributed by atoms with E-state index in [1.165, 1.54) is 51.9 Å². The van der Waals surface area contributed by atoms with Gasteiger partial charge in [0.1, 0.15) is 11.5 Å². The van der Waals surface area contributed by atoms with Crippen molar-refractivity contribution >= 4 is 0 Å². The van der Waals surface area contributed by atoms with Gasteiger partial charge in [0.2, 0.25) is 0 Å². The number of likely N-dealkylation sites (tertiary alicyclic amines) is 2. The van der Waals surface area contributed by atoms with Crippen LogP contribution in [-0.2, 0) is 11.3 Å². The first-order valence-corrected chi connectivity index (χ1v) is 9.67. The molecule has 3 fully saturated rings. The molecule has 0 bridgehead atoms. The maximum Gasteiger partial charge on any atom is 0.118 e. The van der Waals surface area contributed by atoms with Crippen molar-refractivity contribution in [2.45, 2.75) is 39.2 Å². The fourth-order valence-electron chi connectivity index (χ4n) is 4.71. The van der Waals surface area contributed by atoms with Gasteiger partial charge in [-0.2, -0.15) is 0 Å². The smallest absolute Gasteiger partial charge is 0.118 e. The Morgan fingerprint density at radius 1 is 1.21 bits per heavy atom. The molecule has 1 spiro atoms. The number of rotatable bonds is 6. The van der Waals surface area contributed by atoms with E-state index in [1.807, 2.05) is 6.92 Å². The van der Waals surface area contributed by atoms with Crippen LogP contribution < -0.4 is 0 Å². The second-order valence-electron chi connectivity index (χ2n) is 8.53. The van der Waals surface area contributed by atoms with E-state index >= 15 is 0 Å². The maximum absolute atomic E-state index is 6.09. The van der Waals surface area contributed by atoms with E-state index in [2.05, 4.69) is 29.0 Å². The van der Waals surface area contributed by atoms with Crippen molar-refractivity contribution in [1.82, 2.24) is 9.80 Å². The average Bonchev–Trinajstić information content (AvgIpc) is 3.21. The predicted octanol–water partition coefficient (Wildman–Crippen LogP) is 3.16. The first-order chi connectivity index (χ1) is 11.6. The molecule has 1 aromatic heterocycles. The van der Waals surface area contributed by atoms with Gasteiger partial charge in [0.15, 0.2) is 0 Å². The van der Waals surface area contributed by atoms with Crippen LogP contribution in [-0.4, -0.2) is 56.2 Å². The fourth-order valence-corrected chi connectivity index (χ4v) is 4.71. The zero-order valence-electron chi connectivity index (χ0n) is 15.3. The van der Waals surface area contributed by atoms with Crippen LogP contribution in [0, 0.1) is 24.2 Å². The van der Waals surface area contributed by atoms with Crippen LogP contribution in [0.3, 0.4) is 0 Å². The van der Waals surface area contributed by atoms with Gasteiger partial charge in [-0.15, -0.1) is 0 Å². The fraction of sp³-hybridized carbons (Fsp3) is 0.800. The lowest BCUT2D eigenvalue weighted by molar-refractivity contribution is 0.0155. The molecule has 0 amide bonds. The lowest BCUT2D eigenvalue weighted by Gasteiger charge is -2.42. The van der Waals surface area contributed by atoms with E-state index in [1.54, 1.807) is 0 Å². The molecule has 0 unspecified atom stereocenters. The van der Waals surface area contributed by atoms with Crippen LogP contribution in [0.2, 0.25) is 0 Å². The van der Waals surface area contributed by atoms with Crippen molar-refractivity contribution in [3.8, 4) is 0 Å². The van der Waals surface area contributed by atoms with E-state index in [9.17, 15) is 0 Å². The highest BCUT2D eigenvalue weighted by Crippen LogP contribution is 2.44. The van der Waals surface area contributed by atoms with Gasteiger partial charge >= 0.3 is 0 Å². The summed E-state index contributed by atoms with van der Waals surface area (Å²) >= 11 is 0. The predicted molar refractivity (Wildman–Crippen MR) is 94.9 cm³/mol. The Morgan fingerprint density at radius 3 is 2.67 bits per heavy atom. The van der Waals surface area contributed by atoms with E-state index in [4.69, 9.17) is 9.15 Å². The molecular weight excluding hydrogens is 300 g/mol. The summed E-state index contributed by atoms with van der Waals surface area (Å²) in [5.74, 6) is 3.72. The van der Waals surface area contributed by atoms with Crippen LogP contribution in [0.4, 0.5) is 0 Å². The number of hydrogen-bond acceptors (Lipinski definition) is 4. The maximum atomic E-state index is 6.09. The van der Waals surface area contributed by atoms with Crippen molar-refractivity contribution in [3.63, 3.8) is 0 Å². The Bertz CT molecular complexity index is 544. The van der Waals surface area contributed by atoms with Crippen LogP contribution >= 0.6 is 0 Å². The number of furan rings is 1. The normalized spacial score (nSPS) is 28.0. The summed E-state index contributed by atoms with van der Waals surface area (Å²) < 4.78 is 11.8. The van der Waals surface area contributed by atoms with E-state index < -0.39 is 0 Å². The van der Waals surface area contributed by atoms with Crippen LogP contribution in [0.15, 0.2) is 16.5 Å². The van der Waals surface area contributed by atoms with Gasteiger partial charge in [0.05, 0.1) is 13.2 Å². The molecule has 3 heterocycles. The first kappa shape index (κ1) is 16.6. The van der Waals surface area contributed by atoms with E-state index in [0.717, 1.165) is 37.2 Å². The number of piperidine rings is 1. The number of ether oxygens (including phenoxy) is 1. The Morgan fingerprint density at radius 2 is 2.00 bits per heavy atom. The van der Waals surface area contributed by atoms with E-state index in [-0.39, 0.29) is 0 Å². The largest absolute Gasteiger partial charge is 0.465 e. The zero-order valence-corrected chi connectivity index (χ0v) is 15.3. The van der Waals surface area contributed by atoms with Crippen LogP contribution in [0.5, 0.6) is 0 Å². The molecule has 2 aliphatic heterocycles. The topological polar surface area (TPSA) is 28.9 Å².